The van der Waals surface area contributed by atoms with Gasteiger partial charge in [0, 0.05) is 52.9 Å². The van der Waals surface area contributed by atoms with Gasteiger partial charge in [-0.3, -0.25) is 9.89 Å². The number of aliphatic imine (C=N–C) groups is 1. The van der Waals surface area contributed by atoms with Crippen molar-refractivity contribution in [1.29, 1.82) is 0 Å². The second-order valence-corrected chi connectivity index (χ2v) is 9.31. The van der Waals surface area contributed by atoms with E-state index in [4.69, 9.17) is 14.5 Å². The van der Waals surface area contributed by atoms with E-state index >= 15 is 0 Å². The van der Waals surface area contributed by atoms with Crippen LogP contribution in [0.3, 0.4) is 0 Å². The summed E-state index contributed by atoms with van der Waals surface area (Å²) in [5.41, 5.74) is 1.38. The van der Waals surface area contributed by atoms with Gasteiger partial charge in [-0.25, -0.2) is 0 Å². The molecule has 0 amide bonds. The molecule has 0 aliphatic carbocycles. The molecule has 0 radical (unpaired) electrons. The zero-order valence-corrected chi connectivity index (χ0v) is 22.7. The average molecular weight is 572 g/mol. The van der Waals surface area contributed by atoms with Crippen LogP contribution in [0, 0.1) is 5.92 Å². The average Bonchev–Trinajstić information content (AvgIpc) is 3.27. The lowest BCUT2D eigenvalue weighted by Crippen LogP contribution is -2.50. The monoisotopic (exact) mass is 571 g/mol. The van der Waals surface area contributed by atoms with E-state index in [1.165, 1.54) is 18.4 Å². The summed E-state index contributed by atoms with van der Waals surface area (Å²) in [5.74, 6) is 1.74. The molecule has 0 saturated carbocycles. The standard InChI is InChI=1S/C25H41N5O2.HI/c1-3-26-25(27-17-21-9-11-28(12-10-21)13-15-31-2)30-19-23-24(20-30)32-16-14-29(23)18-22-7-5-4-6-8-22;/h4-8,21,23-24H,3,9-20H2,1-2H3,(H,26,27);1H. The summed E-state index contributed by atoms with van der Waals surface area (Å²) >= 11 is 0. The van der Waals surface area contributed by atoms with Crippen LogP contribution in [-0.2, 0) is 16.0 Å². The molecule has 0 bridgehead atoms. The SMILES string of the molecule is CCNC(=NCC1CCN(CCOC)CC1)N1CC2OCCN(Cc3ccccc3)C2C1.I. The molecule has 3 saturated heterocycles. The number of rotatable bonds is 8. The van der Waals surface area contributed by atoms with Gasteiger partial charge in [-0.1, -0.05) is 30.3 Å². The fourth-order valence-corrected chi connectivity index (χ4v) is 5.20. The van der Waals surface area contributed by atoms with Crippen molar-refractivity contribution in [2.24, 2.45) is 10.9 Å². The lowest BCUT2D eigenvalue weighted by Gasteiger charge is -2.36. The van der Waals surface area contributed by atoms with E-state index < -0.39 is 0 Å². The molecule has 3 fully saturated rings. The summed E-state index contributed by atoms with van der Waals surface area (Å²) < 4.78 is 11.4. The minimum atomic E-state index is 0. The molecular formula is C25H42IN5O2. The van der Waals surface area contributed by atoms with Crippen LogP contribution in [0.25, 0.3) is 0 Å². The first-order valence-corrected chi connectivity index (χ1v) is 12.4. The minimum Gasteiger partial charge on any atom is -0.383 e. The highest BCUT2D eigenvalue weighted by atomic mass is 127. The van der Waals surface area contributed by atoms with Crippen LogP contribution in [0.15, 0.2) is 35.3 Å². The van der Waals surface area contributed by atoms with E-state index in [-0.39, 0.29) is 30.1 Å². The van der Waals surface area contributed by atoms with Gasteiger partial charge in [-0.2, -0.15) is 0 Å². The summed E-state index contributed by atoms with van der Waals surface area (Å²) in [6.45, 7) is 12.9. The summed E-state index contributed by atoms with van der Waals surface area (Å²) in [6, 6.07) is 11.2. The molecule has 4 rings (SSSR count). The van der Waals surface area contributed by atoms with E-state index in [1.54, 1.807) is 7.11 Å². The molecule has 3 heterocycles. The first-order chi connectivity index (χ1) is 15.8. The van der Waals surface area contributed by atoms with Crippen LogP contribution in [0.5, 0.6) is 0 Å². The Morgan fingerprint density at radius 1 is 1.15 bits per heavy atom. The van der Waals surface area contributed by atoms with Crippen LogP contribution < -0.4 is 5.32 Å². The normalized spacial score (nSPS) is 25.0. The lowest BCUT2D eigenvalue weighted by molar-refractivity contribution is -0.0502. The predicted octanol–water partition coefficient (Wildman–Crippen LogP) is 2.51. The van der Waals surface area contributed by atoms with Crippen molar-refractivity contribution >= 4 is 29.9 Å². The fraction of sp³-hybridized carbons (Fsp3) is 0.720. The maximum absolute atomic E-state index is 6.18. The summed E-state index contributed by atoms with van der Waals surface area (Å²) in [4.78, 5) is 12.6. The van der Waals surface area contributed by atoms with Crippen LogP contribution >= 0.6 is 24.0 Å². The van der Waals surface area contributed by atoms with Crippen molar-refractivity contribution in [2.45, 2.75) is 38.5 Å². The first kappa shape index (κ1) is 26.7. The predicted molar refractivity (Wildman–Crippen MR) is 144 cm³/mol. The quantitative estimate of drug-likeness (QED) is 0.294. The maximum Gasteiger partial charge on any atom is 0.194 e. The third-order valence-electron chi connectivity index (χ3n) is 7.10. The largest absolute Gasteiger partial charge is 0.383 e. The first-order valence-electron chi connectivity index (χ1n) is 12.4. The molecule has 3 aliphatic heterocycles. The Balaban J connectivity index is 0.00000306. The van der Waals surface area contributed by atoms with Crippen LogP contribution in [0.1, 0.15) is 25.3 Å². The van der Waals surface area contributed by atoms with Gasteiger partial charge in [0.05, 0.1) is 25.4 Å². The van der Waals surface area contributed by atoms with Gasteiger partial charge in [0.1, 0.15) is 0 Å². The molecule has 1 aromatic carbocycles. The van der Waals surface area contributed by atoms with Crippen molar-refractivity contribution in [3.05, 3.63) is 35.9 Å². The van der Waals surface area contributed by atoms with Crippen molar-refractivity contribution in [3.8, 4) is 0 Å². The van der Waals surface area contributed by atoms with Crippen LogP contribution in [-0.4, -0.2) is 105 Å². The Hall–Kier alpha value is -0.940. The highest BCUT2D eigenvalue weighted by molar-refractivity contribution is 14.0. The van der Waals surface area contributed by atoms with Crippen molar-refractivity contribution < 1.29 is 9.47 Å². The molecule has 33 heavy (non-hydrogen) atoms. The van der Waals surface area contributed by atoms with Crippen molar-refractivity contribution in [2.75, 3.05) is 72.7 Å². The molecule has 7 nitrogen and oxygen atoms in total. The van der Waals surface area contributed by atoms with Gasteiger partial charge in [0.2, 0.25) is 0 Å². The van der Waals surface area contributed by atoms with E-state index in [0.717, 1.165) is 78.1 Å². The Morgan fingerprint density at radius 2 is 1.94 bits per heavy atom. The molecule has 0 aromatic heterocycles. The number of halogens is 1. The van der Waals surface area contributed by atoms with E-state index in [1.807, 2.05) is 0 Å². The topological polar surface area (TPSA) is 52.6 Å². The van der Waals surface area contributed by atoms with Gasteiger partial charge in [-0.15, -0.1) is 24.0 Å². The summed E-state index contributed by atoms with van der Waals surface area (Å²) in [5, 5.41) is 3.55. The zero-order chi connectivity index (χ0) is 22.2. The number of nitrogens with one attached hydrogen (secondary N) is 1. The Morgan fingerprint density at radius 3 is 2.67 bits per heavy atom. The smallest absolute Gasteiger partial charge is 0.194 e. The second kappa shape index (κ2) is 13.8. The van der Waals surface area contributed by atoms with Gasteiger partial charge in [0.15, 0.2) is 5.96 Å². The number of morpholine rings is 1. The summed E-state index contributed by atoms with van der Waals surface area (Å²) in [6.07, 6.45) is 2.72. The number of guanidine groups is 1. The highest BCUT2D eigenvalue weighted by Crippen LogP contribution is 2.25. The second-order valence-electron chi connectivity index (χ2n) is 9.31. The molecule has 1 aromatic rings. The molecule has 3 aliphatic rings. The third-order valence-corrected chi connectivity index (χ3v) is 7.10. The third kappa shape index (κ3) is 7.52. The molecule has 2 unspecified atom stereocenters. The van der Waals surface area contributed by atoms with Gasteiger partial charge in [0.25, 0.3) is 0 Å². The molecule has 186 valence electrons. The number of piperidine rings is 1. The molecule has 1 N–H and O–H groups in total. The highest BCUT2D eigenvalue weighted by Gasteiger charge is 2.41. The molecule has 2 atom stereocenters. The van der Waals surface area contributed by atoms with Crippen LogP contribution in [0.2, 0.25) is 0 Å². The Kier molecular flexibility index (Phi) is 11.2. The number of hydrogen-bond donors (Lipinski definition) is 1. The molecular weight excluding hydrogens is 529 g/mol. The Bertz CT molecular complexity index is 714. The number of methoxy groups -OCH3 is 1. The fourth-order valence-electron chi connectivity index (χ4n) is 5.20. The van der Waals surface area contributed by atoms with Crippen molar-refractivity contribution in [1.82, 2.24) is 20.0 Å². The number of hydrogen-bond acceptors (Lipinski definition) is 5. The molecule has 8 heteroatoms. The van der Waals surface area contributed by atoms with E-state index in [0.29, 0.717) is 12.0 Å². The number of likely N-dealkylation sites (tertiary alicyclic amines) is 2. The summed E-state index contributed by atoms with van der Waals surface area (Å²) in [7, 11) is 1.78. The number of ether oxygens (including phenoxy) is 2. The number of fused-ring (bicyclic) bond motifs is 1. The van der Waals surface area contributed by atoms with Gasteiger partial charge >= 0.3 is 0 Å². The number of nitrogens with zero attached hydrogens (tertiary/aromatic N) is 4. The van der Waals surface area contributed by atoms with Crippen molar-refractivity contribution in [3.63, 3.8) is 0 Å². The van der Waals surface area contributed by atoms with Gasteiger partial charge in [-0.05, 0) is 44.3 Å². The molecule has 0 spiro atoms. The van der Waals surface area contributed by atoms with Gasteiger partial charge < -0.3 is 24.6 Å². The number of benzene rings is 1. The van der Waals surface area contributed by atoms with E-state index in [2.05, 4.69) is 57.3 Å². The minimum absolute atomic E-state index is 0. The lowest BCUT2D eigenvalue weighted by atomic mass is 9.97. The van der Waals surface area contributed by atoms with Crippen LogP contribution in [0.4, 0.5) is 0 Å². The van der Waals surface area contributed by atoms with E-state index in [9.17, 15) is 0 Å². The zero-order valence-electron chi connectivity index (χ0n) is 20.3. The Labute approximate surface area is 216 Å². The maximum atomic E-state index is 6.18.